The molecule has 0 fully saturated rings. The van der Waals surface area contributed by atoms with Gasteiger partial charge in [0, 0.05) is 0 Å². The smallest absolute Gasteiger partial charge is 0.147 e. The van der Waals surface area contributed by atoms with Gasteiger partial charge in [0.15, 0.2) is 16.3 Å². The van der Waals surface area contributed by atoms with E-state index in [4.69, 9.17) is 0 Å². The Balaban J connectivity index is 0. The number of hydrogen-bond donors (Lipinski definition) is 0. The van der Waals surface area contributed by atoms with E-state index >= 15 is 0 Å². The monoisotopic (exact) mass is 190 g/mol. The summed E-state index contributed by atoms with van der Waals surface area (Å²) in [6, 6.07) is 8.37. The zero-order valence-electron chi connectivity index (χ0n) is 5.70. The molecule has 0 aliphatic carbocycles. The third-order valence-electron chi connectivity index (χ3n) is 1.08. The molecule has 0 saturated heterocycles. The molecule has 0 saturated carbocycles. The summed E-state index contributed by atoms with van der Waals surface area (Å²) in [6.45, 7) is 2.09. The molecule has 0 heterocycles. The molecular weight excluding hydrogens is 182 g/mol. The van der Waals surface area contributed by atoms with Gasteiger partial charge in [0.05, 0.1) is 0 Å². The van der Waals surface area contributed by atoms with Crippen molar-refractivity contribution in [2.45, 2.75) is 6.92 Å². The molecular formula is C7H9AlCl2. The maximum atomic E-state index is 2.65. The van der Waals surface area contributed by atoms with Crippen LogP contribution in [0, 0.1) is 6.92 Å². The Labute approximate surface area is 82.3 Å². The van der Waals surface area contributed by atoms with E-state index < -0.39 is 0 Å². The summed E-state index contributed by atoms with van der Waals surface area (Å²) in [7, 11) is 0. The second-order valence-corrected chi connectivity index (χ2v) is 2.58. The van der Waals surface area contributed by atoms with Gasteiger partial charge in [0.1, 0.15) is 0 Å². The first-order chi connectivity index (χ1) is 3.79. The van der Waals surface area contributed by atoms with Crippen LogP contribution < -0.4 is 4.43 Å². The lowest BCUT2D eigenvalue weighted by Crippen LogP contribution is -1.98. The number of benzene rings is 1. The van der Waals surface area contributed by atoms with Gasteiger partial charge in [-0.25, -0.2) is 0 Å². The minimum atomic E-state index is 0. The summed E-state index contributed by atoms with van der Waals surface area (Å²) < 4.78 is 1.25. The van der Waals surface area contributed by atoms with Gasteiger partial charge in [0.2, 0.25) is 0 Å². The van der Waals surface area contributed by atoms with Crippen molar-refractivity contribution in [1.29, 1.82) is 0 Å². The van der Waals surface area contributed by atoms with E-state index in [1.165, 1.54) is 9.99 Å². The zero-order chi connectivity index (χ0) is 5.98. The largest absolute Gasteiger partial charge is 0.175 e. The molecule has 0 aliphatic rings. The minimum Gasteiger partial charge on any atom is -0.147 e. The predicted molar refractivity (Wildman–Crippen MR) is 51.1 cm³/mol. The van der Waals surface area contributed by atoms with Crippen LogP contribution in [-0.4, -0.2) is 16.3 Å². The van der Waals surface area contributed by atoms with Gasteiger partial charge in [-0.15, -0.1) is 29.2 Å². The molecule has 0 bridgehead atoms. The molecule has 0 aromatic heterocycles. The Morgan fingerprint density at radius 3 is 1.70 bits per heavy atom. The van der Waals surface area contributed by atoms with E-state index in [2.05, 4.69) is 47.5 Å². The van der Waals surface area contributed by atoms with Crippen LogP contribution in [0.5, 0.6) is 0 Å². The van der Waals surface area contributed by atoms with Crippen LogP contribution in [0.2, 0.25) is 0 Å². The Bertz CT molecular complexity index is 150. The highest BCUT2D eigenvalue weighted by molar-refractivity contribution is 6.32. The van der Waals surface area contributed by atoms with E-state index in [0.29, 0.717) is 0 Å². The standard InChI is InChI=1S/C7H7.Al.2ClH/c1-7-5-3-2-4-6-7;;;/h3-6H,1H3;;2*1H. The molecule has 54 valence electrons. The number of aryl methyl sites for hydroxylation is 1. The van der Waals surface area contributed by atoms with Crippen molar-refractivity contribution in [3.63, 3.8) is 0 Å². The number of rotatable bonds is 0. The molecule has 0 spiro atoms. The first-order valence-corrected chi connectivity index (χ1v) is 3.19. The lowest BCUT2D eigenvalue weighted by atomic mass is 10.2. The molecule has 0 N–H and O–H groups in total. The summed E-state index contributed by atoms with van der Waals surface area (Å²) in [6.07, 6.45) is 0. The summed E-state index contributed by atoms with van der Waals surface area (Å²) in [5, 5.41) is 0. The normalized spacial score (nSPS) is 7.30. The Hall–Kier alpha value is 0.332. The highest BCUT2D eigenvalue weighted by atomic mass is 35.5. The molecule has 0 unspecified atom stereocenters. The van der Waals surface area contributed by atoms with Gasteiger partial charge in [0.25, 0.3) is 0 Å². The molecule has 10 heavy (non-hydrogen) atoms. The molecule has 1 aromatic rings. The molecule has 2 radical (unpaired) electrons. The van der Waals surface area contributed by atoms with Crippen LogP contribution >= 0.6 is 24.8 Å². The quantitative estimate of drug-likeness (QED) is 0.546. The summed E-state index contributed by atoms with van der Waals surface area (Å²) in [4.78, 5) is 0. The van der Waals surface area contributed by atoms with Crippen molar-refractivity contribution in [1.82, 2.24) is 0 Å². The van der Waals surface area contributed by atoms with Crippen molar-refractivity contribution in [2.75, 3.05) is 0 Å². The van der Waals surface area contributed by atoms with E-state index in [0.717, 1.165) is 0 Å². The second-order valence-electron chi connectivity index (χ2n) is 1.91. The van der Waals surface area contributed by atoms with Crippen LogP contribution in [0.3, 0.4) is 0 Å². The summed E-state index contributed by atoms with van der Waals surface area (Å²) in [5.74, 6) is 0. The summed E-state index contributed by atoms with van der Waals surface area (Å²) >= 11 is 2.65. The van der Waals surface area contributed by atoms with Crippen LogP contribution in [-0.2, 0) is 0 Å². The third-order valence-corrected chi connectivity index (χ3v) is 1.46. The molecule has 1 rings (SSSR count). The zero-order valence-corrected chi connectivity index (χ0v) is 8.49. The van der Waals surface area contributed by atoms with E-state index in [9.17, 15) is 0 Å². The lowest BCUT2D eigenvalue weighted by Gasteiger charge is -1.91. The third kappa shape index (κ3) is 4.20. The average molecular weight is 191 g/mol. The van der Waals surface area contributed by atoms with Gasteiger partial charge in [-0.1, -0.05) is 29.8 Å². The molecule has 3 heteroatoms. The van der Waals surface area contributed by atoms with Gasteiger partial charge in [-0.3, -0.25) is 0 Å². The Kier molecular flexibility index (Phi) is 7.87. The maximum absolute atomic E-state index is 2.65. The Morgan fingerprint density at radius 1 is 1.00 bits per heavy atom. The van der Waals surface area contributed by atoms with Crippen LogP contribution in [0.4, 0.5) is 0 Å². The maximum Gasteiger partial charge on any atom is 0.175 e. The number of hydrogen-bond acceptors (Lipinski definition) is 0. The van der Waals surface area contributed by atoms with Crippen molar-refractivity contribution in [2.24, 2.45) is 0 Å². The molecule has 1 aromatic carbocycles. The molecule has 0 aliphatic heterocycles. The van der Waals surface area contributed by atoms with Gasteiger partial charge in [-0.2, -0.15) is 0 Å². The topological polar surface area (TPSA) is 0 Å². The van der Waals surface area contributed by atoms with E-state index in [1.807, 2.05) is 0 Å². The number of halogens is 2. The van der Waals surface area contributed by atoms with Crippen molar-refractivity contribution in [3.05, 3.63) is 29.8 Å². The fraction of sp³-hybridized carbons (Fsp3) is 0.143. The summed E-state index contributed by atoms with van der Waals surface area (Å²) in [5.41, 5.74) is 1.32. The van der Waals surface area contributed by atoms with E-state index in [-0.39, 0.29) is 24.8 Å². The minimum absolute atomic E-state index is 0. The van der Waals surface area contributed by atoms with Crippen molar-refractivity contribution in [3.8, 4) is 0 Å². The van der Waals surface area contributed by atoms with Crippen molar-refractivity contribution >= 4 is 45.5 Å². The second kappa shape index (κ2) is 6.07. The van der Waals surface area contributed by atoms with Crippen LogP contribution in [0.25, 0.3) is 0 Å². The van der Waals surface area contributed by atoms with Gasteiger partial charge >= 0.3 is 0 Å². The molecule has 0 amide bonds. The first-order valence-electron chi connectivity index (χ1n) is 2.61. The van der Waals surface area contributed by atoms with E-state index in [1.54, 1.807) is 0 Å². The average Bonchev–Trinajstić information content (AvgIpc) is 1.77. The SMILES string of the molecule is Cc1cc[c]([Al])cc1.Cl.Cl. The predicted octanol–water partition coefficient (Wildman–Crippen LogP) is 1.63. The highest BCUT2D eigenvalue weighted by Gasteiger charge is 1.79. The first kappa shape index (κ1) is 13.0. The van der Waals surface area contributed by atoms with Crippen LogP contribution in [0.1, 0.15) is 5.56 Å². The fourth-order valence-electron chi connectivity index (χ4n) is 0.566. The Morgan fingerprint density at radius 2 is 1.40 bits per heavy atom. The lowest BCUT2D eigenvalue weighted by molar-refractivity contribution is 1.49. The molecule has 0 nitrogen and oxygen atoms in total. The van der Waals surface area contributed by atoms with Gasteiger partial charge in [-0.05, 0) is 6.92 Å². The molecule has 0 atom stereocenters. The highest BCUT2D eigenvalue weighted by Crippen LogP contribution is 1.90. The fourth-order valence-corrected chi connectivity index (χ4v) is 0.759. The van der Waals surface area contributed by atoms with Gasteiger partial charge < -0.3 is 0 Å². The van der Waals surface area contributed by atoms with Crippen molar-refractivity contribution < 1.29 is 0 Å². The van der Waals surface area contributed by atoms with Crippen LogP contribution in [0.15, 0.2) is 24.3 Å².